The lowest BCUT2D eigenvalue weighted by Gasteiger charge is -2.19. The van der Waals surface area contributed by atoms with Gasteiger partial charge in [-0.25, -0.2) is 0 Å². The van der Waals surface area contributed by atoms with Gasteiger partial charge in [-0.3, -0.25) is 9.59 Å². The Morgan fingerprint density at radius 2 is 2.08 bits per heavy atom. The largest absolute Gasteiger partial charge is 0.351 e. The van der Waals surface area contributed by atoms with Crippen molar-refractivity contribution in [2.45, 2.75) is 38.4 Å². The molecule has 0 unspecified atom stereocenters. The number of carbonyl (C=O) groups is 2. The fourth-order valence-electron chi connectivity index (χ4n) is 2.65. The van der Waals surface area contributed by atoms with E-state index in [9.17, 15) is 9.59 Å². The third-order valence-electron chi connectivity index (χ3n) is 4.07. The van der Waals surface area contributed by atoms with Crippen LogP contribution in [0.4, 0.5) is 0 Å². The highest BCUT2D eigenvalue weighted by Crippen LogP contribution is 2.17. The van der Waals surface area contributed by atoms with E-state index in [1.165, 1.54) is 0 Å². The highest BCUT2D eigenvalue weighted by molar-refractivity contribution is 7.98. The summed E-state index contributed by atoms with van der Waals surface area (Å²) in [6, 6.07) is 7.45. The Morgan fingerprint density at radius 3 is 2.71 bits per heavy atom. The second-order valence-electron chi connectivity index (χ2n) is 5.79. The van der Waals surface area contributed by atoms with Crippen molar-refractivity contribution in [2.75, 3.05) is 18.6 Å². The molecule has 0 radical (unpaired) electrons. The average molecular weight is 372 g/mol. The number of hydrogen-bond donors (Lipinski definition) is 2. The van der Waals surface area contributed by atoms with E-state index in [0.29, 0.717) is 25.9 Å². The maximum atomic E-state index is 12.0. The number of hydrogen-bond acceptors (Lipinski definition) is 4. The minimum atomic E-state index is -0.463. The fraction of sp³-hybridized carbons (Fsp3) is 0.529. The Bertz CT molecular complexity index is 556. The summed E-state index contributed by atoms with van der Waals surface area (Å²) >= 11 is 1.68. The number of likely N-dealkylation sites (tertiary alicyclic amines) is 1. The van der Waals surface area contributed by atoms with E-state index in [4.69, 9.17) is 5.73 Å². The zero-order chi connectivity index (χ0) is 16.7. The standard InChI is InChI=1S/C17H25N3O2S.ClH/c1-23-10-8-15(18)17(22)19-11-13-5-2-3-6-14(13)12-20-9-4-7-16(20)21;/h2-3,5-6,15H,4,7-12,18H2,1H3,(H,19,22);1H/t15-;/m0./s1. The summed E-state index contributed by atoms with van der Waals surface area (Å²) in [7, 11) is 0. The first kappa shape index (κ1) is 20.8. The topological polar surface area (TPSA) is 75.4 Å². The van der Waals surface area contributed by atoms with Crippen LogP contribution in [0, 0.1) is 0 Å². The molecule has 0 aromatic heterocycles. The molecule has 1 saturated heterocycles. The molecular formula is C17H26ClN3O2S. The Labute approximate surface area is 154 Å². The highest BCUT2D eigenvalue weighted by atomic mass is 35.5. The number of benzene rings is 1. The molecule has 3 N–H and O–H groups in total. The predicted molar refractivity (Wildman–Crippen MR) is 101 cm³/mol. The third kappa shape index (κ3) is 6.00. The summed E-state index contributed by atoms with van der Waals surface area (Å²) in [4.78, 5) is 25.7. The van der Waals surface area contributed by atoms with Gasteiger partial charge < -0.3 is 16.0 Å². The normalized spacial score (nSPS) is 15.1. The van der Waals surface area contributed by atoms with E-state index in [1.807, 2.05) is 35.4 Å². The number of nitrogens with two attached hydrogens (primary N) is 1. The number of rotatable bonds is 8. The van der Waals surface area contributed by atoms with Gasteiger partial charge >= 0.3 is 0 Å². The zero-order valence-corrected chi connectivity index (χ0v) is 15.6. The van der Waals surface area contributed by atoms with Crippen LogP contribution >= 0.6 is 24.2 Å². The van der Waals surface area contributed by atoms with Crippen LogP contribution in [-0.2, 0) is 22.7 Å². The molecule has 24 heavy (non-hydrogen) atoms. The Hall–Kier alpha value is -1.24. The maximum absolute atomic E-state index is 12.0. The smallest absolute Gasteiger partial charge is 0.237 e. The Balaban J connectivity index is 0.00000288. The number of nitrogens with zero attached hydrogens (tertiary/aromatic N) is 1. The van der Waals surface area contributed by atoms with Gasteiger partial charge in [0.1, 0.15) is 0 Å². The van der Waals surface area contributed by atoms with Crippen molar-refractivity contribution < 1.29 is 9.59 Å². The molecule has 1 fully saturated rings. The molecule has 1 atom stereocenters. The van der Waals surface area contributed by atoms with Crippen molar-refractivity contribution >= 4 is 36.0 Å². The molecule has 0 aliphatic carbocycles. The third-order valence-corrected chi connectivity index (χ3v) is 4.72. The molecule has 1 aliphatic rings. The summed E-state index contributed by atoms with van der Waals surface area (Å²) < 4.78 is 0. The molecular weight excluding hydrogens is 346 g/mol. The molecule has 5 nitrogen and oxygen atoms in total. The van der Waals surface area contributed by atoms with E-state index < -0.39 is 6.04 Å². The lowest BCUT2D eigenvalue weighted by atomic mass is 10.1. The van der Waals surface area contributed by atoms with Gasteiger partial charge in [-0.05, 0) is 36.0 Å². The zero-order valence-electron chi connectivity index (χ0n) is 14.0. The van der Waals surface area contributed by atoms with Crippen molar-refractivity contribution in [1.82, 2.24) is 10.2 Å². The summed E-state index contributed by atoms with van der Waals surface area (Å²) in [6.45, 7) is 1.88. The van der Waals surface area contributed by atoms with Crippen molar-refractivity contribution in [2.24, 2.45) is 5.73 Å². The molecule has 1 aliphatic heterocycles. The number of nitrogens with one attached hydrogen (secondary N) is 1. The predicted octanol–water partition coefficient (Wildman–Crippen LogP) is 1.93. The van der Waals surface area contributed by atoms with E-state index in [1.54, 1.807) is 11.8 Å². The first-order valence-corrected chi connectivity index (χ1v) is 9.38. The van der Waals surface area contributed by atoms with Crippen LogP contribution in [-0.4, -0.2) is 41.3 Å². The molecule has 134 valence electrons. The van der Waals surface area contributed by atoms with Crippen molar-refractivity contribution in [3.8, 4) is 0 Å². The number of halogens is 1. The molecule has 2 rings (SSSR count). The van der Waals surface area contributed by atoms with E-state index in [2.05, 4.69) is 5.32 Å². The average Bonchev–Trinajstić information content (AvgIpc) is 2.96. The molecule has 1 aromatic carbocycles. The van der Waals surface area contributed by atoms with Crippen molar-refractivity contribution in [3.63, 3.8) is 0 Å². The molecule has 0 bridgehead atoms. The summed E-state index contributed by atoms with van der Waals surface area (Å²) in [5.74, 6) is 0.969. The van der Waals surface area contributed by atoms with E-state index >= 15 is 0 Å². The van der Waals surface area contributed by atoms with E-state index in [0.717, 1.165) is 29.8 Å². The Kier molecular flexibility index (Phi) is 9.18. The molecule has 0 saturated carbocycles. The molecule has 1 aromatic rings. The van der Waals surface area contributed by atoms with Crippen LogP contribution in [0.3, 0.4) is 0 Å². The number of thioether (sulfide) groups is 1. The molecule has 0 spiro atoms. The first-order valence-electron chi connectivity index (χ1n) is 7.98. The van der Waals surface area contributed by atoms with Crippen molar-refractivity contribution in [3.05, 3.63) is 35.4 Å². The molecule has 7 heteroatoms. The van der Waals surface area contributed by atoms with Gasteiger partial charge in [0.05, 0.1) is 6.04 Å². The summed E-state index contributed by atoms with van der Waals surface area (Å²) in [5, 5.41) is 2.91. The highest BCUT2D eigenvalue weighted by Gasteiger charge is 2.21. The van der Waals surface area contributed by atoms with Crippen molar-refractivity contribution in [1.29, 1.82) is 0 Å². The van der Waals surface area contributed by atoms with E-state index in [-0.39, 0.29) is 24.2 Å². The van der Waals surface area contributed by atoms with Crippen LogP contribution < -0.4 is 11.1 Å². The minimum Gasteiger partial charge on any atom is -0.351 e. The van der Waals surface area contributed by atoms with Crippen LogP contribution in [0.25, 0.3) is 0 Å². The van der Waals surface area contributed by atoms with Gasteiger partial charge in [0, 0.05) is 26.1 Å². The van der Waals surface area contributed by atoms with Gasteiger partial charge in [0.15, 0.2) is 0 Å². The van der Waals surface area contributed by atoms with Gasteiger partial charge in [-0.2, -0.15) is 11.8 Å². The van der Waals surface area contributed by atoms with Crippen LogP contribution in [0.15, 0.2) is 24.3 Å². The number of carbonyl (C=O) groups excluding carboxylic acids is 2. The second kappa shape index (κ2) is 10.6. The SMILES string of the molecule is CSCC[C@H](N)C(=O)NCc1ccccc1CN1CCCC1=O.Cl. The quantitative estimate of drug-likeness (QED) is 0.732. The summed E-state index contributed by atoms with van der Waals surface area (Å²) in [6.07, 6.45) is 4.25. The lowest BCUT2D eigenvalue weighted by molar-refractivity contribution is -0.128. The maximum Gasteiger partial charge on any atom is 0.237 e. The van der Waals surface area contributed by atoms with Crippen LogP contribution in [0.2, 0.25) is 0 Å². The van der Waals surface area contributed by atoms with Gasteiger partial charge in [0.25, 0.3) is 0 Å². The first-order chi connectivity index (χ1) is 11.1. The van der Waals surface area contributed by atoms with Gasteiger partial charge in [-0.15, -0.1) is 12.4 Å². The van der Waals surface area contributed by atoms with Crippen LogP contribution in [0.1, 0.15) is 30.4 Å². The number of amides is 2. The lowest BCUT2D eigenvalue weighted by Crippen LogP contribution is -2.40. The Morgan fingerprint density at radius 1 is 1.38 bits per heavy atom. The van der Waals surface area contributed by atoms with Gasteiger partial charge in [0.2, 0.25) is 11.8 Å². The second-order valence-corrected chi connectivity index (χ2v) is 6.78. The van der Waals surface area contributed by atoms with Gasteiger partial charge in [-0.1, -0.05) is 24.3 Å². The molecule has 1 heterocycles. The summed E-state index contributed by atoms with van der Waals surface area (Å²) in [5.41, 5.74) is 8.00. The fourth-order valence-corrected chi connectivity index (χ4v) is 3.14. The van der Waals surface area contributed by atoms with Crippen LogP contribution in [0.5, 0.6) is 0 Å². The monoisotopic (exact) mass is 371 g/mol. The minimum absolute atomic E-state index is 0. The molecule has 2 amide bonds.